The Morgan fingerprint density at radius 1 is 1.13 bits per heavy atom. The topological polar surface area (TPSA) is 71.7 Å². The van der Waals surface area contributed by atoms with E-state index in [0.29, 0.717) is 16.5 Å². The predicted molar refractivity (Wildman–Crippen MR) is 83.9 cm³/mol. The Kier molecular flexibility index (Phi) is 3.97. The van der Waals surface area contributed by atoms with Crippen molar-refractivity contribution in [2.24, 2.45) is 5.10 Å². The molecule has 0 bridgehead atoms. The maximum Gasteiger partial charge on any atom is 0.349 e. The molecule has 0 radical (unpaired) electrons. The van der Waals surface area contributed by atoms with Crippen molar-refractivity contribution in [1.82, 2.24) is 5.43 Å². The molecule has 0 unspecified atom stereocenters. The summed E-state index contributed by atoms with van der Waals surface area (Å²) >= 11 is 0. The second-order valence-electron chi connectivity index (χ2n) is 4.74. The van der Waals surface area contributed by atoms with Crippen LogP contribution in [0.2, 0.25) is 0 Å². The second kappa shape index (κ2) is 6.23. The number of fused-ring (bicyclic) bond motifs is 1. The van der Waals surface area contributed by atoms with Crippen molar-refractivity contribution >= 4 is 23.1 Å². The molecule has 1 aromatic heterocycles. The molecule has 0 spiro atoms. The number of hydrogen-bond acceptors (Lipinski definition) is 4. The maximum absolute atomic E-state index is 13.0. The first-order chi connectivity index (χ1) is 11.1. The largest absolute Gasteiger partial charge is 0.422 e. The number of para-hydroxylation sites is 1. The summed E-state index contributed by atoms with van der Waals surface area (Å²) in [5, 5.41) is 4.34. The molecule has 1 heterocycles. The molecule has 0 fully saturated rings. The molecule has 0 saturated carbocycles. The van der Waals surface area contributed by atoms with E-state index in [1.165, 1.54) is 30.5 Å². The Labute approximate surface area is 130 Å². The summed E-state index contributed by atoms with van der Waals surface area (Å²) in [6.07, 6.45) is 1.28. The molecule has 3 aromatic rings. The molecule has 1 N–H and O–H groups in total. The lowest BCUT2D eigenvalue weighted by Gasteiger charge is -2.01. The third kappa shape index (κ3) is 3.32. The van der Waals surface area contributed by atoms with Gasteiger partial charge in [0, 0.05) is 5.39 Å². The standard InChI is InChI=1S/C17H11FN2O3/c18-13-6-3-4-11(8-13)10-19-20-16(21)14-9-12-5-1-2-7-15(12)23-17(14)22/h1-10H,(H,20,21)/b19-10+. The summed E-state index contributed by atoms with van der Waals surface area (Å²) in [5.41, 5.74) is 2.20. The highest BCUT2D eigenvalue weighted by molar-refractivity contribution is 5.97. The van der Waals surface area contributed by atoms with Crippen LogP contribution in [0.1, 0.15) is 15.9 Å². The highest BCUT2D eigenvalue weighted by atomic mass is 19.1. The van der Waals surface area contributed by atoms with E-state index in [1.807, 2.05) is 0 Å². The first kappa shape index (κ1) is 14.6. The lowest BCUT2D eigenvalue weighted by molar-refractivity contribution is 0.0951. The van der Waals surface area contributed by atoms with Crippen LogP contribution in [-0.4, -0.2) is 12.1 Å². The van der Waals surface area contributed by atoms with Gasteiger partial charge in [-0.05, 0) is 29.8 Å². The predicted octanol–water partition coefficient (Wildman–Crippen LogP) is 2.70. The van der Waals surface area contributed by atoms with Gasteiger partial charge in [-0.15, -0.1) is 0 Å². The lowest BCUT2D eigenvalue weighted by Crippen LogP contribution is -2.24. The van der Waals surface area contributed by atoms with Gasteiger partial charge in [-0.1, -0.05) is 30.3 Å². The van der Waals surface area contributed by atoms with E-state index >= 15 is 0 Å². The molecule has 5 nitrogen and oxygen atoms in total. The Bertz CT molecular complexity index is 963. The van der Waals surface area contributed by atoms with Crippen LogP contribution in [0.25, 0.3) is 11.0 Å². The first-order valence-corrected chi connectivity index (χ1v) is 6.75. The molecule has 6 heteroatoms. The van der Waals surface area contributed by atoms with Crippen LogP contribution in [0.15, 0.2) is 68.9 Å². The fraction of sp³-hybridized carbons (Fsp3) is 0. The molecule has 2 aromatic carbocycles. The number of nitrogens with zero attached hydrogens (tertiary/aromatic N) is 1. The van der Waals surface area contributed by atoms with E-state index in [4.69, 9.17) is 4.42 Å². The van der Waals surface area contributed by atoms with E-state index in [0.717, 1.165) is 0 Å². The van der Waals surface area contributed by atoms with Crippen molar-refractivity contribution in [3.8, 4) is 0 Å². The van der Waals surface area contributed by atoms with Gasteiger partial charge in [0.1, 0.15) is 17.0 Å². The number of amides is 1. The third-order valence-electron chi connectivity index (χ3n) is 3.11. The summed E-state index contributed by atoms with van der Waals surface area (Å²) < 4.78 is 18.1. The third-order valence-corrected chi connectivity index (χ3v) is 3.11. The van der Waals surface area contributed by atoms with Crippen LogP contribution in [0.4, 0.5) is 4.39 Å². The number of hydrogen-bond donors (Lipinski definition) is 1. The van der Waals surface area contributed by atoms with Crippen molar-refractivity contribution in [3.63, 3.8) is 0 Å². The van der Waals surface area contributed by atoms with Gasteiger partial charge in [0.2, 0.25) is 0 Å². The molecule has 3 rings (SSSR count). The van der Waals surface area contributed by atoms with E-state index < -0.39 is 17.3 Å². The molecule has 0 aliphatic rings. The second-order valence-corrected chi connectivity index (χ2v) is 4.74. The van der Waals surface area contributed by atoms with Gasteiger partial charge >= 0.3 is 5.63 Å². The van der Waals surface area contributed by atoms with Crippen LogP contribution >= 0.6 is 0 Å². The van der Waals surface area contributed by atoms with E-state index in [9.17, 15) is 14.0 Å². The first-order valence-electron chi connectivity index (χ1n) is 6.75. The van der Waals surface area contributed by atoms with Gasteiger partial charge in [-0.25, -0.2) is 14.6 Å². The molecule has 114 valence electrons. The minimum atomic E-state index is -0.748. The highest BCUT2D eigenvalue weighted by Gasteiger charge is 2.12. The van der Waals surface area contributed by atoms with E-state index in [2.05, 4.69) is 10.5 Å². The monoisotopic (exact) mass is 310 g/mol. The van der Waals surface area contributed by atoms with Crippen LogP contribution in [0.3, 0.4) is 0 Å². The van der Waals surface area contributed by atoms with Crippen molar-refractivity contribution in [1.29, 1.82) is 0 Å². The molecule has 1 amide bonds. The molecular weight excluding hydrogens is 299 g/mol. The fourth-order valence-corrected chi connectivity index (χ4v) is 2.03. The Hall–Kier alpha value is -3.28. The van der Waals surface area contributed by atoms with Crippen LogP contribution in [0.5, 0.6) is 0 Å². The number of nitrogens with one attached hydrogen (secondary N) is 1. The number of benzene rings is 2. The average molecular weight is 310 g/mol. The smallest absolute Gasteiger partial charge is 0.349 e. The number of carbonyl (C=O) groups is 1. The van der Waals surface area contributed by atoms with Crippen molar-refractivity contribution in [2.45, 2.75) is 0 Å². The number of hydrazone groups is 1. The number of carbonyl (C=O) groups excluding carboxylic acids is 1. The maximum atomic E-state index is 13.0. The molecule has 0 aliphatic carbocycles. The van der Waals surface area contributed by atoms with Crippen molar-refractivity contribution in [3.05, 3.63) is 82.0 Å². The van der Waals surface area contributed by atoms with E-state index in [-0.39, 0.29) is 5.56 Å². The summed E-state index contributed by atoms with van der Waals surface area (Å²) in [7, 11) is 0. The Morgan fingerprint density at radius 3 is 2.78 bits per heavy atom. The minimum Gasteiger partial charge on any atom is -0.422 e. The van der Waals surface area contributed by atoms with Crippen molar-refractivity contribution < 1.29 is 13.6 Å². The van der Waals surface area contributed by atoms with Crippen LogP contribution in [-0.2, 0) is 0 Å². The molecule has 0 saturated heterocycles. The lowest BCUT2D eigenvalue weighted by atomic mass is 10.2. The molecule has 0 aliphatic heterocycles. The summed E-state index contributed by atoms with van der Waals surface area (Å²) in [6.45, 7) is 0. The Morgan fingerprint density at radius 2 is 1.96 bits per heavy atom. The van der Waals surface area contributed by atoms with Crippen LogP contribution in [0, 0.1) is 5.82 Å². The molecule has 0 atom stereocenters. The van der Waals surface area contributed by atoms with Crippen molar-refractivity contribution in [2.75, 3.05) is 0 Å². The van der Waals surface area contributed by atoms with Gasteiger partial charge in [0.25, 0.3) is 5.91 Å². The molecular formula is C17H11FN2O3. The summed E-state index contributed by atoms with van der Waals surface area (Å²) in [5.74, 6) is -1.10. The zero-order chi connectivity index (χ0) is 16.2. The highest BCUT2D eigenvalue weighted by Crippen LogP contribution is 2.12. The van der Waals surface area contributed by atoms with E-state index in [1.54, 1.807) is 30.3 Å². The fourth-order valence-electron chi connectivity index (χ4n) is 2.03. The van der Waals surface area contributed by atoms with Gasteiger partial charge < -0.3 is 4.42 Å². The average Bonchev–Trinajstić information content (AvgIpc) is 2.54. The zero-order valence-electron chi connectivity index (χ0n) is 11.8. The number of rotatable bonds is 3. The quantitative estimate of drug-likeness (QED) is 0.459. The van der Waals surface area contributed by atoms with Gasteiger partial charge in [0.15, 0.2) is 0 Å². The Balaban J connectivity index is 1.81. The molecule has 23 heavy (non-hydrogen) atoms. The summed E-state index contributed by atoms with van der Waals surface area (Å²) in [4.78, 5) is 23.8. The zero-order valence-corrected chi connectivity index (χ0v) is 11.8. The van der Waals surface area contributed by atoms with Crippen LogP contribution < -0.4 is 11.1 Å². The SMILES string of the molecule is O=C(N/N=C/c1cccc(F)c1)c1cc2ccccc2oc1=O. The minimum absolute atomic E-state index is 0.153. The van der Waals surface area contributed by atoms with Gasteiger partial charge in [-0.2, -0.15) is 5.10 Å². The summed E-state index contributed by atoms with van der Waals surface area (Å²) in [6, 6.07) is 14.0. The van der Waals surface area contributed by atoms with Gasteiger partial charge in [0.05, 0.1) is 6.21 Å². The number of halogens is 1. The van der Waals surface area contributed by atoms with Gasteiger partial charge in [-0.3, -0.25) is 4.79 Å². The normalized spacial score (nSPS) is 11.0.